The second-order valence-electron chi connectivity index (χ2n) is 8.76. The van der Waals surface area contributed by atoms with Gasteiger partial charge in [-0.1, -0.05) is 30.8 Å². The summed E-state index contributed by atoms with van der Waals surface area (Å²) in [5.41, 5.74) is 0.379. The van der Waals surface area contributed by atoms with Crippen molar-refractivity contribution in [3.8, 4) is 0 Å². The third-order valence-corrected chi connectivity index (χ3v) is 6.46. The van der Waals surface area contributed by atoms with Gasteiger partial charge in [-0.25, -0.2) is 0 Å². The van der Waals surface area contributed by atoms with Crippen LogP contribution in [0.4, 0.5) is 0 Å². The SMILES string of the molecule is CN(Cc1nc(CC2CC2)no1)CC1(N2CCCCC2)CCCCC1. The normalized spacial score (nSPS) is 24.7. The maximum absolute atomic E-state index is 5.52. The molecule has 2 aliphatic carbocycles. The van der Waals surface area contributed by atoms with Crippen molar-refractivity contribution in [1.29, 1.82) is 0 Å². The second-order valence-corrected chi connectivity index (χ2v) is 8.76. The lowest BCUT2D eigenvalue weighted by molar-refractivity contribution is 0.00619. The van der Waals surface area contributed by atoms with Crippen molar-refractivity contribution in [2.24, 2.45) is 5.92 Å². The van der Waals surface area contributed by atoms with Crippen molar-refractivity contribution in [2.75, 3.05) is 26.7 Å². The number of hydrogen-bond acceptors (Lipinski definition) is 5. The summed E-state index contributed by atoms with van der Waals surface area (Å²) in [5.74, 6) is 2.52. The maximum atomic E-state index is 5.52. The van der Waals surface area contributed by atoms with Gasteiger partial charge in [-0.2, -0.15) is 4.98 Å². The molecule has 4 rings (SSSR count). The van der Waals surface area contributed by atoms with E-state index in [-0.39, 0.29) is 0 Å². The number of rotatable bonds is 7. The number of aromatic nitrogens is 2. The zero-order chi connectivity index (χ0) is 17.1. The average Bonchev–Trinajstić information content (AvgIpc) is 3.34. The van der Waals surface area contributed by atoms with Crippen molar-refractivity contribution in [2.45, 2.75) is 82.7 Å². The molecule has 0 radical (unpaired) electrons. The lowest BCUT2D eigenvalue weighted by atomic mass is 9.79. The third kappa shape index (κ3) is 4.43. The highest BCUT2D eigenvalue weighted by Crippen LogP contribution is 2.36. The first-order chi connectivity index (χ1) is 12.2. The average molecular weight is 347 g/mol. The fourth-order valence-corrected chi connectivity index (χ4v) is 4.96. The summed E-state index contributed by atoms with van der Waals surface area (Å²) in [6.45, 7) is 4.50. The molecule has 0 bridgehead atoms. The number of likely N-dealkylation sites (tertiary alicyclic amines) is 1. The van der Waals surface area contributed by atoms with Crippen LogP contribution < -0.4 is 0 Å². The van der Waals surface area contributed by atoms with E-state index in [1.54, 1.807) is 0 Å². The van der Waals surface area contributed by atoms with E-state index in [2.05, 4.69) is 27.0 Å². The van der Waals surface area contributed by atoms with Crippen molar-refractivity contribution in [3.63, 3.8) is 0 Å². The van der Waals surface area contributed by atoms with Gasteiger partial charge in [0, 0.05) is 18.5 Å². The van der Waals surface area contributed by atoms with E-state index < -0.39 is 0 Å². The topological polar surface area (TPSA) is 45.4 Å². The Hall–Kier alpha value is -0.940. The molecule has 0 N–H and O–H groups in total. The van der Waals surface area contributed by atoms with Gasteiger partial charge in [-0.15, -0.1) is 0 Å². The molecule has 0 amide bonds. The number of piperidine rings is 1. The molecule has 5 heteroatoms. The van der Waals surface area contributed by atoms with E-state index in [0.29, 0.717) is 5.54 Å². The lowest BCUT2D eigenvalue weighted by Crippen LogP contribution is -2.57. The number of likely N-dealkylation sites (N-methyl/N-ethyl adjacent to an activating group) is 1. The Kier molecular flexibility index (Phi) is 5.41. The van der Waals surface area contributed by atoms with Crippen LogP contribution in [0.25, 0.3) is 0 Å². The third-order valence-electron chi connectivity index (χ3n) is 6.46. The van der Waals surface area contributed by atoms with Crippen LogP contribution in [0, 0.1) is 5.92 Å². The number of hydrogen-bond donors (Lipinski definition) is 0. The van der Waals surface area contributed by atoms with Gasteiger partial charge in [0.2, 0.25) is 5.89 Å². The summed E-state index contributed by atoms with van der Waals surface area (Å²) >= 11 is 0. The second kappa shape index (κ2) is 7.75. The Bertz CT molecular complexity index is 542. The predicted molar refractivity (Wildman–Crippen MR) is 98.3 cm³/mol. The minimum absolute atomic E-state index is 0.379. The molecule has 1 aromatic rings. The summed E-state index contributed by atoms with van der Waals surface area (Å²) in [6, 6.07) is 0. The smallest absolute Gasteiger partial charge is 0.240 e. The molecular formula is C20H34N4O. The molecule has 0 atom stereocenters. The van der Waals surface area contributed by atoms with Gasteiger partial charge < -0.3 is 4.52 Å². The highest BCUT2D eigenvalue weighted by molar-refractivity contribution is 4.97. The molecule has 0 unspecified atom stereocenters. The predicted octanol–water partition coefficient (Wildman–Crippen LogP) is 3.64. The largest absolute Gasteiger partial charge is 0.338 e. The fourth-order valence-electron chi connectivity index (χ4n) is 4.96. The van der Waals surface area contributed by atoms with E-state index in [1.165, 1.54) is 77.3 Å². The molecule has 3 fully saturated rings. The summed E-state index contributed by atoms with van der Waals surface area (Å²) in [4.78, 5) is 9.87. The standard InChI is InChI=1S/C20H34N4O/c1-23(15-19-21-18(22-25-19)14-17-8-9-17)16-20(10-4-2-5-11-20)24-12-6-3-7-13-24/h17H,2-16H2,1H3. The van der Waals surface area contributed by atoms with Crippen LogP contribution in [0.1, 0.15) is 75.9 Å². The van der Waals surface area contributed by atoms with Crippen LogP contribution >= 0.6 is 0 Å². The summed E-state index contributed by atoms with van der Waals surface area (Å²) in [5, 5.41) is 4.18. The maximum Gasteiger partial charge on any atom is 0.240 e. The van der Waals surface area contributed by atoms with Crippen molar-refractivity contribution < 1.29 is 4.52 Å². The minimum atomic E-state index is 0.379. The molecule has 5 nitrogen and oxygen atoms in total. The molecule has 0 aromatic carbocycles. The Morgan fingerprint density at radius 2 is 1.80 bits per heavy atom. The first-order valence-electron chi connectivity index (χ1n) is 10.5. The van der Waals surface area contributed by atoms with Gasteiger partial charge in [0.05, 0.1) is 6.54 Å². The van der Waals surface area contributed by atoms with Crippen LogP contribution in [0.3, 0.4) is 0 Å². The molecular weight excluding hydrogens is 312 g/mol. The van der Waals surface area contributed by atoms with Gasteiger partial charge in [-0.05, 0) is 64.6 Å². The highest BCUT2D eigenvalue weighted by Gasteiger charge is 2.39. The molecule has 140 valence electrons. The zero-order valence-electron chi connectivity index (χ0n) is 15.9. The molecule has 3 aliphatic rings. The van der Waals surface area contributed by atoms with Gasteiger partial charge in [0.1, 0.15) is 0 Å². The molecule has 25 heavy (non-hydrogen) atoms. The first-order valence-corrected chi connectivity index (χ1v) is 10.5. The van der Waals surface area contributed by atoms with E-state index in [4.69, 9.17) is 4.52 Å². The van der Waals surface area contributed by atoms with Crippen LogP contribution in [-0.4, -0.2) is 52.2 Å². The van der Waals surface area contributed by atoms with Crippen LogP contribution in [-0.2, 0) is 13.0 Å². The summed E-state index contributed by atoms with van der Waals surface area (Å²) in [6.07, 6.45) is 14.7. The van der Waals surface area contributed by atoms with Gasteiger partial charge in [0.25, 0.3) is 0 Å². The monoisotopic (exact) mass is 346 g/mol. The quantitative estimate of drug-likeness (QED) is 0.754. The molecule has 1 aliphatic heterocycles. The summed E-state index contributed by atoms with van der Waals surface area (Å²) in [7, 11) is 2.23. The molecule has 1 aromatic heterocycles. The van der Waals surface area contributed by atoms with Gasteiger partial charge >= 0.3 is 0 Å². The Labute approximate surface area is 152 Å². The van der Waals surface area contributed by atoms with Crippen LogP contribution in [0.2, 0.25) is 0 Å². The molecule has 0 spiro atoms. The van der Waals surface area contributed by atoms with Crippen molar-refractivity contribution in [3.05, 3.63) is 11.7 Å². The van der Waals surface area contributed by atoms with E-state index in [9.17, 15) is 0 Å². The molecule has 1 saturated heterocycles. The highest BCUT2D eigenvalue weighted by atomic mass is 16.5. The number of nitrogens with zero attached hydrogens (tertiary/aromatic N) is 4. The van der Waals surface area contributed by atoms with Crippen molar-refractivity contribution >= 4 is 0 Å². The summed E-state index contributed by atoms with van der Waals surface area (Å²) < 4.78 is 5.52. The van der Waals surface area contributed by atoms with Gasteiger partial charge in [-0.3, -0.25) is 9.80 Å². The first kappa shape index (κ1) is 17.5. The molecule has 2 saturated carbocycles. The fraction of sp³-hybridized carbons (Fsp3) is 0.900. The Morgan fingerprint density at radius 3 is 2.52 bits per heavy atom. The van der Waals surface area contributed by atoms with Gasteiger partial charge in [0.15, 0.2) is 5.82 Å². The Balaban J connectivity index is 1.37. The van der Waals surface area contributed by atoms with Crippen LogP contribution in [0.15, 0.2) is 4.52 Å². The van der Waals surface area contributed by atoms with E-state index in [0.717, 1.165) is 37.1 Å². The van der Waals surface area contributed by atoms with E-state index >= 15 is 0 Å². The minimum Gasteiger partial charge on any atom is -0.338 e. The Morgan fingerprint density at radius 1 is 1.08 bits per heavy atom. The molecule has 2 heterocycles. The zero-order valence-corrected chi connectivity index (χ0v) is 15.9. The van der Waals surface area contributed by atoms with E-state index in [1.807, 2.05) is 0 Å². The lowest BCUT2D eigenvalue weighted by Gasteiger charge is -2.49. The van der Waals surface area contributed by atoms with Crippen molar-refractivity contribution in [1.82, 2.24) is 19.9 Å². The van der Waals surface area contributed by atoms with Crippen LogP contribution in [0.5, 0.6) is 0 Å².